The number of anilines is 1. The number of aliphatic carboxylic acids is 1. The molecule has 4 rings (SSSR count). The highest BCUT2D eigenvalue weighted by Gasteiger charge is 2.29. The van der Waals surface area contributed by atoms with Gasteiger partial charge >= 0.3 is 5.97 Å². The Morgan fingerprint density at radius 3 is 2.18 bits per heavy atom. The Morgan fingerprint density at radius 1 is 1.10 bits per heavy atom. The van der Waals surface area contributed by atoms with Crippen LogP contribution in [-0.2, 0) is 11.2 Å². The number of pyridine rings is 2. The first kappa shape index (κ1) is 32.5. The fourth-order valence-corrected chi connectivity index (χ4v) is 4.94. The fourth-order valence-electron chi connectivity index (χ4n) is 4.94. The lowest BCUT2D eigenvalue weighted by Gasteiger charge is -2.40. The van der Waals surface area contributed by atoms with Gasteiger partial charge in [0, 0.05) is 53.9 Å². The molecule has 7 heteroatoms. The maximum atomic E-state index is 11.7. The molecule has 2 aromatic heterocycles. The van der Waals surface area contributed by atoms with Crippen molar-refractivity contribution in [1.82, 2.24) is 9.97 Å². The number of nitrogens with zero attached hydrogens (tertiary/aromatic N) is 3. The number of rotatable bonds is 7. The molecule has 0 atom stereocenters. The number of piperidine rings is 1. The van der Waals surface area contributed by atoms with Crippen molar-refractivity contribution in [2.24, 2.45) is 17.3 Å². The van der Waals surface area contributed by atoms with Crippen LogP contribution in [0.25, 0.3) is 11.1 Å². The summed E-state index contributed by atoms with van der Waals surface area (Å²) in [6, 6.07) is 3.93. The molecule has 2 aliphatic rings. The fraction of sp³-hybridized carbons (Fsp3) is 0.656. The van der Waals surface area contributed by atoms with Gasteiger partial charge in [0.15, 0.2) is 0 Å². The molecule has 0 spiro atoms. The summed E-state index contributed by atoms with van der Waals surface area (Å²) in [5.41, 5.74) is 4.26. The molecule has 218 valence electrons. The molecule has 0 amide bonds. The van der Waals surface area contributed by atoms with E-state index in [1.807, 2.05) is 45.3 Å². The molecule has 1 saturated heterocycles. The quantitative estimate of drug-likeness (QED) is 0.392. The predicted molar refractivity (Wildman–Crippen MR) is 159 cm³/mol. The van der Waals surface area contributed by atoms with Gasteiger partial charge in [-0.05, 0) is 76.7 Å². The Kier molecular flexibility index (Phi) is 11.8. The third-order valence-corrected chi connectivity index (χ3v) is 7.11. The number of carbonyl (C=O) groups is 1. The number of carboxylic acid groups (broad SMARTS) is 1. The van der Waals surface area contributed by atoms with Crippen molar-refractivity contribution in [3.05, 3.63) is 35.8 Å². The zero-order valence-corrected chi connectivity index (χ0v) is 25.7. The maximum Gasteiger partial charge on any atom is 0.307 e. The SMILES string of the molecule is CC.CC(C)(C)O.Cc1ncc(-c2ccc(OCC3CC(C)C3)nc2)c(N2CCC(C)(C)CC2)c1CC(=O)O. The molecule has 0 aromatic carbocycles. The first-order valence-corrected chi connectivity index (χ1v) is 14.5. The Labute approximate surface area is 236 Å². The highest BCUT2D eigenvalue weighted by Crippen LogP contribution is 2.40. The molecule has 2 N–H and O–H groups in total. The summed E-state index contributed by atoms with van der Waals surface area (Å²) in [5.74, 6) is 1.26. The van der Waals surface area contributed by atoms with E-state index in [1.54, 1.807) is 20.8 Å². The van der Waals surface area contributed by atoms with Crippen LogP contribution in [0, 0.1) is 24.2 Å². The summed E-state index contributed by atoms with van der Waals surface area (Å²) >= 11 is 0. The van der Waals surface area contributed by atoms with Gasteiger partial charge in [-0.1, -0.05) is 34.6 Å². The smallest absolute Gasteiger partial charge is 0.307 e. The first-order valence-electron chi connectivity index (χ1n) is 14.5. The van der Waals surface area contributed by atoms with E-state index in [-0.39, 0.29) is 6.42 Å². The number of hydrogen-bond donors (Lipinski definition) is 2. The van der Waals surface area contributed by atoms with Crippen molar-refractivity contribution in [3.63, 3.8) is 0 Å². The molecule has 0 unspecified atom stereocenters. The highest BCUT2D eigenvalue weighted by atomic mass is 16.5. The standard InChI is InChI=1S/C26H35N3O3.C4H10O.C2H6/c1-17-11-19(12-17)16-32-23-6-5-20(14-28-23)22-15-27-18(2)21(13-24(30)31)25(22)29-9-7-26(3,4)8-10-29;1-4(2,3)5;1-2/h5-6,14-15,17,19H,7-13,16H2,1-4H3,(H,30,31);5H,1-3H3;1-2H3. The van der Waals surface area contributed by atoms with Crippen molar-refractivity contribution >= 4 is 11.7 Å². The monoisotopic (exact) mass is 541 g/mol. The number of ether oxygens (including phenoxy) is 1. The molecule has 7 nitrogen and oxygen atoms in total. The zero-order valence-electron chi connectivity index (χ0n) is 25.7. The predicted octanol–water partition coefficient (Wildman–Crippen LogP) is 6.93. The van der Waals surface area contributed by atoms with Gasteiger partial charge in [-0.25, -0.2) is 4.98 Å². The van der Waals surface area contributed by atoms with Gasteiger partial charge in [-0.2, -0.15) is 0 Å². The molecular weight excluding hydrogens is 490 g/mol. The van der Waals surface area contributed by atoms with Crippen LogP contribution < -0.4 is 9.64 Å². The topological polar surface area (TPSA) is 95.8 Å². The summed E-state index contributed by atoms with van der Waals surface area (Å²) in [5, 5.41) is 18.1. The van der Waals surface area contributed by atoms with E-state index < -0.39 is 11.6 Å². The van der Waals surface area contributed by atoms with E-state index in [9.17, 15) is 9.90 Å². The van der Waals surface area contributed by atoms with Gasteiger partial charge in [0.25, 0.3) is 0 Å². The lowest BCUT2D eigenvalue weighted by molar-refractivity contribution is -0.136. The van der Waals surface area contributed by atoms with Gasteiger partial charge in [0.1, 0.15) is 0 Å². The molecule has 39 heavy (non-hydrogen) atoms. The van der Waals surface area contributed by atoms with Crippen LogP contribution in [0.3, 0.4) is 0 Å². The van der Waals surface area contributed by atoms with Crippen LogP contribution in [0.4, 0.5) is 5.69 Å². The molecule has 1 saturated carbocycles. The Balaban J connectivity index is 0.000000686. The average Bonchev–Trinajstić information content (AvgIpc) is 2.83. The van der Waals surface area contributed by atoms with Gasteiger partial charge in [0.05, 0.1) is 24.3 Å². The second kappa shape index (κ2) is 14.1. The van der Waals surface area contributed by atoms with E-state index in [1.165, 1.54) is 12.8 Å². The van der Waals surface area contributed by atoms with Crippen molar-refractivity contribution in [1.29, 1.82) is 0 Å². The third kappa shape index (κ3) is 10.4. The zero-order chi connectivity index (χ0) is 29.4. The second-order valence-corrected chi connectivity index (χ2v) is 12.6. The minimum atomic E-state index is -0.835. The van der Waals surface area contributed by atoms with Gasteiger partial charge in [0.2, 0.25) is 5.88 Å². The minimum absolute atomic E-state index is 0.0314. The number of aryl methyl sites for hydroxylation is 1. The number of carboxylic acids is 1. The van der Waals surface area contributed by atoms with Crippen LogP contribution in [0.1, 0.15) is 92.3 Å². The second-order valence-electron chi connectivity index (χ2n) is 12.6. The Bertz CT molecular complexity index is 1040. The molecule has 1 aliphatic carbocycles. The van der Waals surface area contributed by atoms with E-state index in [4.69, 9.17) is 9.84 Å². The molecule has 1 aliphatic heterocycles. The van der Waals surface area contributed by atoms with Crippen LogP contribution in [0.5, 0.6) is 5.88 Å². The highest BCUT2D eigenvalue weighted by molar-refractivity contribution is 5.84. The summed E-state index contributed by atoms with van der Waals surface area (Å²) in [6.45, 7) is 20.5. The van der Waals surface area contributed by atoms with Crippen LogP contribution in [-0.4, -0.2) is 51.4 Å². The van der Waals surface area contributed by atoms with E-state index in [0.717, 1.165) is 66.5 Å². The van der Waals surface area contributed by atoms with E-state index in [0.29, 0.717) is 17.2 Å². The van der Waals surface area contributed by atoms with Crippen molar-refractivity contribution in [3.8, 4) is 17.0 Å². The van der Waals surface area contributed by atoms with E-state index in [2.05, 4.69) is 35.6 Å². The Morgan fingerprint density at radius 2 is 1.69 bits per heavy atom. The van der Waals surface area contributed by atoms with Crippen molar-refractivity contribution in [2.45, 2.75) is 100 Å². The number of aromatic nitrogens is 2. The maximum absolute atomic E-state index is 11.7. The molecule has 0 radical (unpaired) electrons. The van der Waals surface area contributed by atoms with Crippen molar-refractivity contribution < 1.29 is 19.7 Å². The minimum Gasteiger partial charge on any atom is -0.481 e. The third-order valence-electron chi connectivity index (χ3n) is 7.11. The molecule has 2 fully saturated rings. The summed E-state index contributed by atoms with van der Waals surface area (Å²) in [7, 11) is 0. The molecular formula is C32H51N3O4. The first-order chi connectivity index (χ1) is 18.2. The summed E-state index contributed by atoms with van der Waals surface area (Å²) in [4.78, 5) is 23.1. The average molecular weight is 542 g/mol. The lowest BCUT2D eigenvalue weighted by atomic mass is 9.77. The van der Waals surface area contributed by atoms with Crippen LogP contribution >= 0.6 is 0 Å². The van der Waals surface area contributed by atoms with Gasteiger partial charge < -0.3 is 19.8 Å². The normalized spacial score (nSPS) is 20.0. The number of aliphatic hydroxyl groups is 1. The molecule has 0 bridgehead atoms. The Hall–Kier alpha value is -2.67. The summed E-state index contributed by atoms with van der Waals surface area (Å²) < 4.78 is 5.90. The van der Waals surface area contributed by atoms with Crippen LogP contribution in [0.2, 0.25) is 0 Å². The van der Waals surface area contributed by atoms with Crippen molar-refractivity contribution in [2.75, 3.05) is 24.6 Å². The summed E-state index contributed by atoms with van der Waals surface area (Å²) in [6.07, 6.45) is 8.27. The molecule has 2 aromatic rings. The van der Waals surface area contributed by atoms with Crippen LogP contribution in [0.15, 0.2) is 24.5 Å². The van der Waals surface area contributed by atoms with Gasteiger partial charge in [-0.15, -0.1) is 0 Å². The largest absolute Gasteiger partial charge is 0.481 e. The van der Waals surface area contributed by atoms with E-state index >= 15 is 0 Å². The molecule has 3 heterocycles. The number of hydrogen-bond acceptors (Lipinski definition) is 6. The lowest BCUT2D eigenvalue weighted by Crippen LogP contribution is -2.38. The van der Waals surface area contributed by atoms with Gasteiger partial charge in [-0.3, -0.25) is 9.78 Å².